The van der Waals surface area contributed by atoms with Crippen LogP contribution in [0.15, 0.2) is 42.7 Å². The predicted octanol–water partition coefficient (Wildman–Crippen LogP) is 5.44. The Balaban J connectivity index is 1.74. The van der Waals surface area contributed by atoms with Crippen LogP contribution in [0.5, 0.6) is 17.2 Å². The van der Waals surface area contributed by atoms with Gasteiger partial charge >= 0.3 is 0 Å². The zero-order chi connectivity index (χ0) is 23.4. The number of anilines is 1. The first kappa shape index (κ1) is 24.1. The van der Waals surface area contributed by atoms with Crippen LogP contribution in [-0.2, 0) is 22.2 Å². The van der Waals surface area contributed by atoms with E-state index in [9.17, 15) is 9.00 Å². The van der Waals surface area contributed by atoms with E-state index in [0.717, 1.165) is 11.3 Å². The Bertz CT molecular complexity index is 1140. The Kier molecular flexibility index (Phi) is 7.82. The molecule has 0 fully saturated rings. The molecule has 1 N–H and O–H groups in total. The third kappa shape index (κ3) is 5.82. The molecule has 7 nitrogen and oxygen atoms in total. The molecule has 0 saturated heterocycles. The van der Waals surface area contributed by atoms with Crippen LogP contribution >= 0.6 is 23.2 Å². The summed E-state index contributed by atoms with van der Waals surface area (Å²) >= 11 is 12.8. The summed E-state index contributed by atoms with van der Waals surface area (Å²) in [4.78, 5) is 12.4. The average molecular weight is 496 g/mol. The van der Waals surface area contributed by atoms with Crippen LogP contribution in [0.25, 0.3) is 0 Å². The second-order valence-electron chi connectivity index (χ2n) is 7.33. The van der Waals surface area contributed by atoms with Gasteiger partial charge in [0.05, 0.1) is 29.8 Å². The lowest BCUT2D eigenvalue weighted by molar-refractivity contribution is -0.115. The number of hydrogen-bond donors (Lipinski definition) is 1. The normalized spacial score (nSPS) is 12.0. The van der Waals surface area contributed by atoms with Crippen LogP contribution in [0.3, 0.4) is 0 Å². The molecular formula is C22H23Cl2N3O4S. The van der Waals surface area contributed by atoms with Crippen molar-refractivity contribution in [3.8, 4) is 17.2 Å². The second-order valence-corrected chi connectivity index (χ2v) is 9.37. The molecular weight excluding hydrogens is 473 g/mol. The van der Waals surface area contributed by atoms with Gasteiger partial charge in [-0.05, 0) is 36.2 Å². The number of nitrogens with one attached hydrogen (secondary N) is 1. The van der Waals surface area contributed by atoms with Gasteiger partial charge in [0.2, 0.25) is 5.91 Å². The quantitative estimate of drug-likeness (QED) is 0.449. The molecule has 1 amide bonds. The first-order chi connectivity index (χ1) is 15.2. The largest absolute Gasteiger partial charge is 0.496 e. The molecule has 170 valence electrons. The van der Waals surface area contributed by atoms with Gasteiger partial charge in [-0.2, -0.15) is 9.19 Å². The van der Waals surface area contributed by atoms with Gasteiger partial charge in [0, 0.05) is 29.3 Å². The highest BCUT2D eigenvalue weighted by atomic mass is 35.5. The number of nitrogens with zero attached hydrogens (tertiary/aromatic N) is 2. The van der Waals surface area contributed by atoms with Gasteiger partial charge in [-0.25, -0.2) is 4.21 Å². The van der Waals surface area contributed by atoms with Gasteiger partial charge < -0.3 is 14.8 Å². The summed E-state index contributed by atoms with van der Waals surface area (Å²) in [7, 11) is 0.349. The van der Waals surface area contributed by atoms with Gasteiger partial charge in [-0.15, -0.1) is 0 Å². The molecule has 1 unspecified atom stereocenters. The van der Waals surface area contributed by atoms with E-state index in [-0.39, 0.29) is 34.0 Å². The number of carbonyl (C=O) groups excluding carboxylic acids is 1. The van der Waals surface area contributed by atoms with Crippen molar-refractivity contribution in [2.45, 2.75) is 26.2 Å². The number of rotatable bonds is 8. The first-order valence-corrected chi connectivity index (χ1v) is 12.0. The molecule has 32 heavy (non-hydrogen) atoms. The van der Waals surface area contributed by atoms with E-state index in [1.165, 1.54) is 16.5 Å². The Morgan fingerprint density at radius 3 is 2.47 bits per heavy atom. The van der Waals surface area contributed by atoms with Crippen molar-refractivity contribution < 1.29 is 18.5 Å². The van der Waals surface area contributed by atoms with E-state index in [1.807, 2.05) is 12.1 Å². The van der Waals surface area contributed by atoms with Crippen molar-refractivity contribution in [2.24, 2.45) is 0 Å². The van der Waals surface area contributed by atoms with Crippen LogP contribution < -0.4 is 14.8 Å². The summed E-state index contributed by atoms with van der Waals surface area (Å²) < 4.78 is 24.0. The highest BCUT2D eigenvalue weighted by molar-refractivity contribution is 7.82. The van der Waals surface area contributed by atoms with E-state index in [1.54, 1.807) is 31.5 Å². The number of aromatic nitrogens is 2. The molecule has 3 aromatic rings. The first-order valence-electron chi connectivity index (χ1n) is 9.70. The molecule has 0 aliphatic rings. The second kappa shape index (κ2) is 10.4. The van der Waals surface area contributed by atoms with E-state index in [2.05, 4.69) is 24.3 Å². The van der Waals surface area contributed by atoms with Crippen molar-refractivity contribution in [1.29, 1.82) is 0 Å². The van der Waals surface area contributed by atoms with Crippen LogP contribution in [0.4, 0.5) is 5.69 Å². The standard InChI is InChI=1S/C22H23Cl2N3O4S/c1-13(2)17-10-16(5-6-20(17)30-3)31-22-18(23)8-15(9-19(22)24)26-21(28)7-14-11-25-27(12-14)32(4)29/h5-6,8-13H,7H2,1-4H3,(H,26,28). The molecule has 0 aliphatic carbocycles. The molecule has 3 rings (SSSR count). The van der Waals surface area contributed by atoms with Crippen molar-refractivity contribution in [3.05, 3.63) is 63.9 Å². The summed E-state index contributed by atoms with van der Waals surface area (Å²) in [6, 6.07) is 8.62. The number of carbonyl (C=O) groups is 1. The summed E-state index contributed by atoms with van der Waals surface area (Å²) in [5.41, 5.74) is 2.06. The molecule has 0 radical (unpaired) electrons. The molecule has 0 saturated carbocycles. The van der Waals surface area contributed by atoms with Crippen LogP contribution in [-0.4, -0.2) is 32.7 Å². The fourth-order valence-corrected chi connectivity index (χ4v) is 4.06. The minimum Gasteiger partial charge on any atom is -0.496 e. The maximum atomic E-state index is 12.4. The lowest BCUT2D eigenvalue weighted by Gasteiger charge is -2.16. The maximum Gasteiger partial charge on any atom is 0.228 e. The van der Waals surface area contributed by atoms with Crippen LogP contribution in [0, 0.1) is 0 Å². The van der Waals surface area contributed by atoms with Gasteiger partial charge in [0.1, 0.15) is 22.5 Å². The lowest BCUT2D eigenvalue weighted by atomic mass is 10.0. The third-order valence-corrected chi connectivity index (χ3v) is 5.85. The summed E-state index contributed by atoms with van der Waals surface area (Å²) in [5.74, 6) is 1.59. The summed E-state index contributed by atoms with van der Waals surface area (Å²) in [5, 5.41) is 7.21. The maximum absolute atomic E-state index is 12.4. The fraction of sp³-hybridized carbons (Fsp3) is 0.273. The van der Waals surface area contributed by atoms with Gasteiger partial charge in [-0.3, -0.25) is 4.79 Å². The smallest absolute Gasteiger partial charge is 0.228 e. The minimum atomic E-state index is -1.28. The lowest BCUT2D eigenvalue weighted by Crippen LogP contribution is -2.14. The molecule has 0 spiro atoms. The fourth-order valence-electron chi connectivity index (χ4n) is 3.04. The monoisotopic (exact) mass is 495 g/mol. The van der Waals surface area contributed by atoms with Crippen LogP contribution in [0.1, 0.15) is 30.9 Å². The number of methoxy groups -OCH3 is 1. The van der Waals surface area contributed by atoms with Crippen molar-refractivity contribution in [2.75, 3.05) is 18.7 Å². The number of hydrogen-bond acceptors (Lipinski definition) is 5. The Hall–Kier alpha value is -2.55. The number of benzene rings is 2. The SMILES string of the molecule is COc1ccc(Oc2c(Cl)cc(NC(=O)Cc3cnn(S(C)=O)c3)cc2Cl)cc1C(C)C. The topological polar surface area (TPSA) is 82.4 Å². The highest BCUT2D eigenvalue weighted by Gasteiger charge is 2.15. The Morgan fingerprint density at radius 1 is 1.22 bits per heavy atom. The van der Waals surface area contributed by atoms with Gasteiger partial charge in [-0.1, -0.05) is 37.0 Å². The van der Waals surface area contributed by atoms with Crippen LogP contribution in [0.2, 0.25) is 10.0 Å². The number of ether oxygens (including phenoxy) is 2. The predicted molar refractivity (Wildman–Crippen MR) is 128 cm³/mol. The van der Waals surface area contributed by atoms with Crippen molar-refractivity contribution in [3.63, 3.8) is 0 Å². The molecule has 0 bridgehead atoms. The highest BCUT2D eigenvalue weighted by Crippen LogP contribution is 2.40. The van der Waals surface area contributed by atoms with E-state index in [0.29, 0.717) is 17.0 Å². The molecule has 10 heteroatoms. The molecule has 1 aromatic heterocycles. The minimum absolute atomic E-state index is 0.0640. The summed E-state index contributed by atoms with van der Waals surface area (Å²) in [6.45, 7) is 4.12. The van der Waals surface area contributed by atoms with E-state index in [4.69, 9.17) is 32.7 Å². The number of halogens is 2. The van der Waals surface area contributed by atoms with Crippen molar-refractivity contribution >= 4 is 45.8 Å². The molecule has 0 aliphatic heterocycles. The van der Waals surface area contributed by atoms with Gasteiger partial charge in [0.25, 0.3) is 0 Å². The molecule has 2 aromatic carbocycles. The van der Waals surface area contributed by atoms with E-state index < -0.39 is 11.0 Å². The Labute approximate surface area is 199 Å². The van der Waals surface area contributed by atoms with E-state index >= 15 is 0 Å². The zero-order valence-corrected chi connectivity index (χ0v) is 20.3. The Morgan fingerprint density at radius 2 is 1.91 bits per heavy atom. The van der Waals surface area contributed by atoms with Crippen molar-refractivity contribution in [1.82, 2.24) is 9.19 Å². The van der Waals surface area contributed by atoms with Gasteiger partial charge in [0.15, 0.2) is 5.75 Å². The third-order valence-electron chi connectivity index (χ3n) is 4.57. The number of amides is 1. The summed E-state index contributed by atoms with van der Waals surface area (Å²) in [6.07, 6.45) is 4.62. The molecule has 1 heterocycles. The molecule has 1 atom stereocenters. The zero-order valence-electron chi connectivity index (χ0n) is 18.0. The average Bonchev–Trinajstić information content (AvgIpc) is 3.19.